The molecule has 0 heterocycles. The predicted molar refractivity (Wildman–Crippen MR) is 128 cm³/mol. The lowest BCUT2D eigenvalue weighted by molar-refractivity contribution is -0.129. The van der Waals surface area contributed by atoms with Crippen LogP contribution >= 0.6 is 0 Å². The second-order valence-electron chi connectivity index (χ2n) is 12.4. The summed E-state index contributed by atoms with van der Waals surface area (Å²) < 4.78 is 0. The summed E-state index contributed by atoms with van der Waals surface area (Å²) in [6.45, 7) is 16.5. The van der Waals surface area contributed by atoms with E-state index in [1.165, 1.54) is 62.5 Å². The van der Waals surface area contributed by atoms with E-state index in [4.69, 9.17) is 0 Å². The molecular weight excluding hydrogens is 364 g/mol. The van der Waals surface area contributed by atoms with Crippen LogP contribution in [-0.4, -0.2) is 11.2 Å². The molecule has 0 aliphatic heterocycles. The molecule has 0 aromatic carbocycles. The molecule has 1 heteroatoms. The summed E-state index contributed by atoms with van der Waals surface area (Å²) in [6, 6.07) is 0. The van der Waals surface area contributed by atoms with Gasteiger partial charge in [-0.1, -0.05) is 45.9 Å². The van der Waals surface area contributed by atoms with Crippen LogP contribution in [0.4, 0.5) is 0 Å². The lowest BCUT2D eigenvalue weighted by Gasteiger charge is -2.61. The van der Waals surface area contributed by atoms with Gasteiger partial charge in [-0.05, 0) is 129 Å². The summed E-state index contributed by atoms with van der Waals surface area (Å²) in [5, 5.41) is 10.3. The predicted octanol–water partition coefficient (Wildman–Crippen LogP) is 7.94. The fourth-order valence-corrected chi connectivity index (χ4v) is 9.32. The topological polar surface area (TPSA) is 20.2 Å². The molecule has 9 atom stereocenters. The van der Waals surface area contributed by atoms with Gasteiger partial charge in [0, 0.05) is 0 Å². The Bertz CT molecular complexity index is 676. The Labute approximate surface area is 186 Å². The third kappa shape index (κ3) is 3.66. The first kappa shape index (κ1) is 22.6. The second kappa shape index (κ2) is 8.42. The number of aliphatic hydroxyl groups excluding tert-OH is 1. The lowest BCUT2D eigenvalue weighted by atomic mass is 9.44. The summed E-state index contributed by atoms with van der Waals surface area (Å²) in [5.41, 5.74) is 3.79. The van der Waals surface area contributed by atoms with Gasteiger partial charge in [-0.3, -0.25) is 0 Å². The number of rotatable bonds is 5. The molecule has 1 unspecified atom stereocenters. The summed E-state index contributed by atoms with van der Waals surface area (Å²) in [6.07, 6.45) is 16.9. The molecule has 170 valence electrons. The minimum atomic E-state index is -0.0227. The van der Waals surface area contributed by atoms with Gasteiger partial charge in [0.2, 0.25) is 0 Å². The normalized spacial score (nSPS) is 47.2. The van der Waals surface area contributed by atoms with Crippen LogP contribution in [0.5, 0.6) is 0 Å². The van der Waals surface area contributed by atoms with Gasteiger partial charge in [0.25, 0.3) is 0 Å². The van der Waals surface area contributed by atoms with Crippen LogP contribution < -0.4 is 0 Å². The van der Waals surface area contributed by atoms with Crippen molar-refractivity contribution in [2.45, 2.75) is 111 Å². The Balaban J connectivity index is 1.49. The van der Waals surface area contributed by atoms with Crippen LogP contribution in [0, 0.1) is 46.3 Å². The zero-order valence-corrected chi connectivity index (χ0v) is 20.6. The molecule has 0 radical (unpaired) electrons. The molecule has 4 rings (SSSR count). The van der Waals surface area contributed by atoms with Crippen molar-refractivity contribution >= 4 is 0 Å². The van der Waals surface area contributed by atoms with E-state index in [0.29, 0.717) is 10.8 Å². The van der Waals surface area contributed by atoms with Crippen molar-refractivity contribution in [1.82, 2.24) is 0 Å². The highest BCUT2D eigenvalue weighted by Gasteiger charge is 2.60. The zero-order chi connectivity index (χ0) is 21.7. The van der Waals surface area contributed by atoms with E-state index in [-0.39, 0.29) is 6.10 Å². The van der Waals surface area contributed by atoms with Crippen LogP contribution in [-0.2, 0) is 0 Å². The highest BCUT2D eigenvalue weighted by Crippen LogP contribution is 2.68. The molecule has 0 aromatic rings. The minimum Gasteiger partial charge on any atom is -0.393 e. The molecular formula is C29H48O. The monoisotopic (exact) mass is 412 g/mol. The molecule has 4 aliphatic rings. The van der Waals surface area contributed by atoms with Crippen molar-refractivity contribution in [2.24, 2.45) is 46.3 Å². The van der Waals surface area contributed by atoms with E-state index in [2.05, 4.69) is 47.3 Å². The molecule has 1 N–H and O–H groups in total. The first-order valence-corrected chi connectivity index (χ1v) is 13.2. The van der Waals surface area contributed by atoms with Gasteiger partial charge in [-0.15, -0.1) is 0 Å². The van der Waals surface area contributed by atoms with Crippen molar-refractivity contribution in [3.8, 4) is 0 Å². The third-order valence-electron chi connectivity index (χ3n) is 11.1. The van der Waals surface area contributed by atoms with Crippen molar-refractivity contribution in [3.63, 3.8) is 0 Å². The Morgan fingerprint density at radius 3 is 2.43 bits per heavy atom. The largest absolute Gasteiger partial charge is 0.393 e. The second-order valence-corrected chi connectivity index (χ2v) is 12.4. The standard InChI is InChI=1S/C29H48O/c1-7-21(19(2)3)9-8-20(4)25-12-13-26-24-11-10-22-18-23(30)14-16-28(22,5)27(24)15-17-29(25,26)6/h9,20,22-27,30H,2,7-8,10-18H2,1,3-6H3/t20-,22?,23+,24+,25-,26+,27+,28+,29-/m1/s1. The SMILES string of the molecule is C=C(C)C(=CC[C@@H](C)[C@H]1CC[C@H]2[C@@H]3CCC4C[C@@H](O)CC[C@]4(C)[C@H]3CC[C@]12C)CC. The summed E-state index contributed by atoms with van der Waals surface area (Å²) >= 11 is 0. The van der Waals surface area contributed by atoms with Crippen molar-refractivity contribution in [2.75, 3.05) is 0 Å². The van der Waals surface area contributed by atoms with E-state index < -0.39 is 0 Å². The van der Waals surface area contributed by atoms with Crippen LogP contribution in [0.3, 0.4) is 0 Å². The number of hydrogen-bond acceptors (Lipinski definition) is 1. The average molecular weight is 413 g/mol. The van der Waals surface area contributed by atoms with Gasteiger partial charge in [-0.2, -0.15) is 0 Å². The van der Waals surface area contributed by atoms with E-state index in [1.54, 1.807) is 0 Å². The minimum absolute atomic E-state index is 0.0227. The van der Waals surface area contributed by atoms with Gasteiger partial charge in [0.1, 0.15) is 0 Å². The van der Waals surface area contributed by atoms with Crippen molar-refractivity contribution < 1.29 is 5.11 Å². The molecule has 0 bridgehead atoms. The van der Waals surface area contributed by atoms with Crippen LogP contribution in [0.25, 0.3) is 0 Å². The van der Waals surface area contributed by atoms with Crippen molar-refractivity contribution in [3.05, 3.63) is 23.8 Å². The quantitative estimate of drug-likeness (QED) is 0.454. The fraction of sp³-hybridized carbons (Fsp3) is 0.862. The molecule has 30 heavy (non-hydrogen) atoms. The van der Waals surface area contributed by atoms with E-state index in [0.717, 1.165) is 54.8 Å². The lowest BCUT2D eigenvalue weighted by Crippen LogP contribution is -2.54. The molecule has 4 fully saturated rings. The van der Waals surface area contributed by atoms with E-state index in [9.17, 15) is 5.11 Å². The number of aliphatic hydroxyl groups is 1. The molecule has 1 nitrogen and oxygen atoms in total. The maximum Gasteiger partial charge on any atom is 0.0543 e. The van der Waals surface area contributed by atoms with Gasteiger partial charge >= 0.3 is 0 Å². The molecule has 0 aromatic heterocycles. The van der Waals surface area contributed by atoms with Crippen LogP contribution in [0.2, 0.25) is 0 Å². The molecule has 4 aliphatic carbocycles. The fourth-order valence-electron chi connectivity index (χ4n) is 9.32. The molecule has 0 spiro atoms. The molecule has 0 saturated heterocycles. The average Bonchev–Trinajstić information content (AvgIpc) is 3.06. The molecule has 4 saturated carbocycles. The maximum atomic E-state index is 10.3. The van der Waals surface area contributed by atoms with Crippen LogP contribution in [0.1, 0.15) is 105 Å². The molecule has 0 amide bonds. The first-order valence-electron chi connectivity index (χ1n) is 13.2. The van der Waals surface area contributed by atoms with E-state index >= 15 is 0 Å². The van der Waals surface area contributed by atoms with Gasteiger partial charge in [0.15, 0.2) is 0 Å². The zero-order valence-electron chi connectivity index (χ0n) is 20.6. The Hall–Kier alpha value is -0.560. The Morgan fingerprint density at radius 2 is 1.73 bits per heavy atom. The third-order valence-corrected chi connectivity index (χ3v) is 11.1. The van der Waals surface area contributed by atoms with Gasteiger partial charge in [-0.25, -0.2) is 0 Å². The summed E-state index contributed by atoms with van der Waals surface area (Å²) in [5.74, 6) is 5.28. The van der Waals surface area contributed by atoms with Crippen LogP contribution in [0.15, 0.2) is 23.8 Å². The number of hydrogen-bond donors (Lipinski definition) is 1. The van der Waals surface area contributed by atoms with E-state index in [1.807, 2.05) is 0 Å². The Kier molecular flexibility index (Phi) is 6.35. The Morgan fingerprint density at radius 1 is 1.03 bits per heavy atom. The highest BCUT2D eigenvalue weighted by molar-refractivity contribution is 5.25. The summed E-state index contributed by atoms with van der Waals surface area (Å²) in [4.78, 5) is 0. The summed E-state index contributed by atoms with van der Waals surface area (Å²) in [7, 11) is 0. The highest BCUT2D eigenvalue weighted by atomic mass is 16.3. The smallest absolute Gasteiger partial charge is 0.0543 e. The van der Waals surface area contributed by atoms with Gasteiger partial charge < -0.3 is 5.11 Å². The number of fused-ring (bicyclic) bond motifs is 5. The maximum absolute atomic E-state index is 10.3. The van der Waals surface area contributed by atoms with Gasteiger partial charge in [0.05, 0.1) is 6.10 Å². The number of allylic oxidation sites excluding steroid dienone is 3. The first-order chi connectivity index (χ1) is 14.2. The van der Waals surface area contributed by atoms with Crippen molar-refractivity contribution in [1.29, 1.82) is 0 Å².